The van der Waals surface area contributed by atoms with Gasteiger partial charge in [0.2, 0.25) is 0 Å². The predicted molar refractivity (Wildman–Crippen MR) is 60.2 cm³/mol. The summed E-state index contributed by atoms with van der Waals surface area (Å²) in [6.45, 7) is 1.87. The van der Waals surface area contributed by atoms with Crippen molar-refractivity contribution in [3.8, 4) is 0 Å². The number of halogens is 1. The fraction of sp³-hybridized carbons (Fsp3) is 0.700. The summed E-state index contributed by atoms with van der Waals surface area (Å²) in [5, 5.41) is 0.0671. The molecule has 0 unspecified atom stereocenters. The van der Waals surface area contributed by atoms with E-state index in [4.69, 9.17) is 4.74 Å². The number of carbonyl (C=O) groups excluding carboxylic acids is 3. The minimum absolute atomic E-state index is 0.0265. The van der Waals surface area contributed by atoms with Gasteiger partial charge in [-0.3, -0.25) is 14.4 Å². The number of carbonyl (C=O) groups is 3. The SMILES string of the molecule is CCOC(=O)[C@H](CCC(=O)OC)C(=O)CBr. The lowest BCUT2D eigenvalue weighted by Gasteiger charge is -2.12. The third-order valence-electron chi connectivity index (χ3n) is 1.96. The quantitative estimate of drug-likeness (QED) is 0.399. The first-order chi connectivity index (χ1) is 7.56. The molecule has 6 heteroatoms. The van der Waals surface area contributed by atoms with E-state index in [-0.39, 0.29) is 30.6 Å². The van der Waals surface area contributed by atoms with Gasteiger partial charge in [-0.25, -0.2) is 0 Å². The fourth-order valence-electron chi connectivity index (χ4n) is 1.11. The van der Waals surface area contributed by atoms with Crippen molar-refractivity contribution in [1.29, 1.82) is 0 Å². The van der Waals surface area contributed by atoms with Crippen LogP contribution in [0.3, 0.4) is 0 Å². The van der Waals surface area contributed by atoms with Crippen LogP contribution in [0.5, 0.6) is 0 Å². The van der Waals surface area contributed by atoms with Crippen LogP contribution in [0.1, 0.15) is 19.8 Å². The molecule has 0 fully saturated rings. The van der Waals surface area contributed by atoms with E-state index in [1.165, 1.54) is 7.11 Å². The summed E-state index contributed by atoms with van der Waals surface area (Å²) in [5.74, 6) is -2.21. The number of hydrogen-bond acceptors (Lipinski definition) is 5. The predicted octanol–water partition coefficient (Wildman–Crippen LogP) is 1.08. The van der Waals surface area contributed by atoms with Gasteiger partial charge in [-0.15, -0.1) is 0 Å². The molecule has 0 rings (SSSR count). The Morgan fingerprint density at radius 3 is 2.38 bits per heavy atom. The lowest BCUT2D eigenvalue weighted by atomic mass is 9.99. The Kier molecular flexibility index (Phi) is 7.80. The highest BCUT2D eigenvalue weighted by atomic mass is 79.9. The second-order valence-corrected chi connectivity index (χ2v) is 3.58. The highest BCUT2D eigenvalue weighted by molar-refractivity contribution is 9.09. The summed E-state index contributed by atoms with van der Waals surface area (Å²) in [5.41, 5.74) is 0. The largest absolute Gasteiger partial charge is 0.469 e. The van der Waals surface area contributed by atoms with Crippen molar-refractivity contribution in [2.75, 3.05) is 19.0 Å². The topological polar surface area (TPSA) is 69.7 Å². The molecule has 0 saturated carbocycles. The number of ketones is 1. The Hall–Kier alpha value is -0.910. The number of ether oxygens (including phenoxy) is 2. The van der Waals surface area contributed by atoms with E-state index in [2.05, 4.69) is 20.7 Å². The van der Waals surface area contributed by atoms with Gasteiger partial charge in [0.25, 0.3) is 0 Å². The van der Waals surface area contributed by atoms with Crippen LogP contribution in [-0.2, 0) is 23.9 Å². The number of esters is 2. The molecule has 0 aromatic rings. The van der Waals surface area contributed by atoms with E-state index >= 15 is 0 Å². The van der Waals surface area contributed by atoms with Crippen molar-refractivity contribution in [3.63, 3.8) is 0 Å². The molecule has 0 aromatic carbocycles. The molecule has 0 bridgehead atoms. The molecule has 0 aromatic heterocycles. The summed E-state index contributed by atoms with van der Waals surface area (Å²) < 4.78 is 9.20. The van der Waals surface area contributed by atoms with Crippen LogP contribution >= 0.6 is 15.9 Å². The van der Waals surface area contributed by atoms with E-state index in [0.717, 1.165) is 0 Å². The van der Waals surface area contributed by atoms with Crippen molar-refractivity contribution >= 4 is 33.7 Å². The van der Waals surface area contributed by atoms with Crippen molar-refractivity contribution in [3.05, 3.63) is 0 Å². The average Bonchev–Trinajstić information content (AvgIpc) is 2.28. The first-order valence-corrected chi connectivity index (χ1v) is 6.01. The zero-order valence-corrected chi connectivity index (χ0v) is 10.9. The summed E-state index contributed by atoms with van der Waals surface area (Å²) in [6, 6.07) is 0. The van der Waals surface area contributed by atoms with Gasteiger partial charge in [-0.05, 0) is 13.3 Å². The molecular formula is C10H15BrO5. The number of hydrogen-bond donors (Lipinski definition) is 0. The van der Waals surface area contributed by atoms with Gasteiger partial charge in [0.05, 0.1) is 19.0 Å². The third-order valence-corrected chi connectivity index (χ3v) is 2.51. The third kappa shape index (κ3) is 5.25. The minimum atomic E-state index is -0.890. The molecule has 0 heterocycles. The summed E-state index contributed by atoms with van der Waals surface area (Å²) in [7, 11) is 1.26. The van der Waals surface area contributed by atoms with Crippen LogP contribution in [0.15, 0.2) is 0 Å². The van der Waals surface area contributed by atoms with Crippen molar-refractivity contribution < 1.29 is 23.9 Å². The van der Waals surface area contributed by atoms with Crippen LogP contribution in [0.4, 0.5) is 0 Å². The molecule has 0 saturated heterocycles. The summed E-state index contributed by atoms with van der Waals surface area (Å²) in [4.78, 5) is 33.8. The fourth-order valence-corrected chi connectivity index (χ4v) is 1.50. The molecule has 0 spiro atoms. The monoisotopic (exact) mass is 294 g/mol. The lowest BCUT2D eigenvalue weighted by molar-refractivity contribution is -0.151. The van der Waals surface area contributed by atoms with Crippen molar-refractivity contribution in [2.45, 2.75) is 19.8 Å². The second-order valence-electron chi connectivity index (χ2n) is 3.02. The first kappa shape index (κ1) is 15.1. The molecule has 16 heavy (non-hydrogen) atoms. The Morgan fingerprint density at radius 1 is 1.31 bits per heavy atom. The van der Waals surface area contributed by atoms with Crippen LogP contribution in [0.2, 0.25) is 0 Å². The van der Waals surface area contributed by atoms with Crippen LogP contribution in [-0.4, -0.2) is 36.8 Å². The molecule has 0 aliphatic heterocycles. The molecular weight excluding hydrogens is 280 g/mol. The average molecular weight is 295 g/mol. The van der Waals surface area contributed by atoms with E-state index in [1.54, 1.807) is 6.92 Å². The van der Waals surface area contributed by atoms with Crippen LogP contribution in [0.25, 0.3) is 0 Å². The number of Topliss-reactive ketones (excluding diaryl/α,β-unsaturated/α-hetero) is 1. The molecule has 0 radical (unpaired) electrons. The Balaban J connectivity index is 4.37. The molecule has 0 N–H and O–H groups in total. The van der Waals surface area contributed by atoms with E-state index in [0.29, 0.717) is 0 Å². The normalized spacial score (nSPS) is 11.7. The van der Waals surface area contributed by atoms with E-state index in [9.17, 15) is 14.4 Å². The minimum Gasteiger partial charge on any atom is -0.469 e. The molecule has 1 atom stereocenters. The van der Waals surface area contributed by atoms with Crippen LogP contribution < -0.4 is 0 Å². The highest BCUT2D eigenvalue weighted by Crippen LogP contribution is 2.12. The Bertz CT molecular complexity index is 264. The van der Waals surface area contributed by atoms with Gasteiger partial charge in [-0.1, -0.05) is 15.9 Å². The molecule has 5 nitrogen and oxygen atoms in total. The molecule has 0 aliphatic carbocycles. The number of alkyl halides is 1. The molecule has 0 amide bonds. The molecule has 0 aliphatic rings. The standard InChI is InChI=1S/C10H15BrO5/c1-3-16-10(14)7(8(12)6-11)4-5-9(13)15-2/h7H,3-6H2,1-2H3/t7-/m1/s1. The van der Waals surface area contributed by atoms with Gasteiger partial charge in [0.1, 0.15) is 5.92 Å². The Labute approximate surface area is 103 Å². The van der Waals surface area contributed by atoms with Gasteiger partial charge < -0.3 is 9.47 Å². The van der Waals surface area contributed by atoms with E-state index in [1.807, 2.05) is 0 Å². The van der Waals surface area contributed by atoms with Gasteiger partial charge in [0, 0.05) is 6.42 Å². The number of methoxy groups -OCH3 is 1. The van der Waals surface area contributed by atoms with Crippen LogP contribution in [0, 0.1) is 5.92 Å². The Morgan fingerprint density at radius 2 is 1.94 bits per heavy atom. The first-order valence-electron chi connectivity index (χ1n) is 4.88. The lowest BCUT2D eigenvalue weighted by Crippen LogP contribution is -2.28. The summed E-state index contributed by atoms with van der Waals surface area (Å²) in [6.07, 6.45) is 0.147. The van der Waals surface area contributed by atoms with Gasteiger partial charge in [-0.2, -0.15) is 0 Å². The smallest absolute Gasteiger partial charge is 0.316 e. The van der Waals surface area contributed by atoms with Gasteiger partial charge >= 0.3 is 11.9 Å². The van der Waals surface area contributed by atoms with E-state index < -0.39 is 17.9 Å². The molecule has 92 valence electrons. The zero-order valence-electron chi connectivity index (χ0n) is 9.32. The second kappa shape index (κ2) is 8.27. The summed E-state index contributed by atoms with van der Waals surface area (Å²) >= 11 is 2.99. The zero-order chi connectivity index (χ0) is 12.6. The maximum atomic E-state index is 11.4. The van der Waals surface area contributed by atoms with Crippen molar-refractivity contribution in [1.82, 2.24) is 0 Å². The van der Waals surface area contributed by atoms with Gasteiger partial charge in [0.15, 0.2) is 5.78 Å². The number of rotatable bonds is 7. The van der Waals surface area contributed by atoms with Crippen molar-refractivity contribution in [2.24, 2.45) is 5.92 Å². The highest BCUT2D eigenvalue weighted by Gasteiger charge is 2.27. The maximum absolute atomic E-state index is 11.4. The maximum Gasteiger partial charge on any atom is 0.316 e.